The molecule has 0 saturated carbocycles. The topological polar surface area (TPSA) is 23.6 Å². The largest absolute Gasteiger partial charge is 0.342 e. The molecule has 1 atom stereocenters. The highest BCUT2D eigenvalue weighted by atomic mass is 16.2. The fraction of sp³-hybridized carbons (Fsp3) is 0.923. The van der Waals surface area contributed by atoms with Gasteiger partial charge in [-0.15, -0.1) is 0 Å². The summed E-state index contributed by atoms with van der Waals surface area (Å²) in [5, 5.41) is 0. The zero-order valence-corrected chi connectivity index (χ0v) is 10.5. The molecule has 16 heavy (non-hydrogen) atoms. The normalized spacial score (nSPS) is 28.1. The van der Waals surface area contributed by atoms with Gasteiger partial charge < -0.3 is 4.90 Å². The van der Waals surface area contributed by atoms with Crippen molar-refractivity contribution in [2.24, 2.45) is 5.92 Å². The van der Waals surface area contributed by atoms with Crippen molar-refractivity contribution in [2.45, 2.75) is 39.0 Å². The van der Waals surface area contributed by atoms with Crippen LogP contribution in [0.3, 0.4) is 0 Å². The first-order valence-corrected chi connectivity index (χ1v) is 6.76. The molecular formula is C13H24N2O. The van der Waals surface area contributed by atoms with Gasteiger partial charge in [0.1, 0.15) is 0 Å². The van der Waals surface area contributed by atoms with Crippen molar-refractivity contribution in [3.8, 4) is 0 Å². The van der Waals surface area contributed by atoms with Crippen LogP contribution in [0.1, 0.15) is 39.0 Å². The molecule has 92 valence electrons. The highest BCUT2D eigenvalue weighted by Crippen LogP contribution is 2.16. The second kappa shape index (κ2) is 5.67. The summed E-state index contributed by atoms with van der Waals surface area (Å²) in [5.74, 6) is 1.12. The molecule has 0 bridgehead atoms. The second-order valence-corrected chi connectivity index (χ2v) is 5.42. The number of hydrogen-bond acceptors (Lipinski definition) is 2. The van der Waals surface area contributed by atoms with Gasteiger partial charge in [-0.25, -0.2) is 0 Å². The molecule has 0 spiro atoms. The summed E-state index contributed by atoms with van der Waals surface area (Å²) in [5.41, 5.74) is 0. The number of nitrogens with zero attached hydrogens (tertiary/aromatic N) is 2. The third-order valence-electron chi connectivity index (χ3n) is 3.81. The first kappa shape index (κ1) is 11.9. The van der Waals surface area contributed by atoms with Crippen LogP contribution in [0.25, 0.3) is 0 Å². The Bertz CT molecular complexity index is 236. The van der Waals surface area contributed by atoms with E-state index in [4.69, 9.17) is 0 Å². The zero-order valence-electron chi connectivity index (χ0n) is 10.5. The minimum absolute atomic E-state index is 0.355. The number of hydrogen-bond donors (Lipinski definition) is 0. The van der Waals surface area contributed by atoms with Crippen LogP contribution in [0.15, 0.2) is 0 Å². The third kappa shape index (κ3) is 3.21. The molecule has 0 radical (unpaired) electrons. The molecule has 0 aromatic heterocycles. The smallest absolute Gasteiger partial charge is 0.236 e. The number of rotatable bonds is 2. The van der Waals surface area contributed by atoms with E-state index in [9.17, 15) is 4.79 Å². The molecule has 0 N–H and O–H groups in total. The standard InChI is InChI=1S/C13H24N2O/c1-12-6-5-7-14(10-12)11-13(16)15-8-3-2-4-9-15/h12H,2-11H2,1H3. The van der Waals surface area contributed by atoms with Crippen molar-refractivity contribution in [2.75, 3.05) is 32.7 Å². The zero-order chi connectivity index (χ0) is 11.4. The highest BCUT2D eigenvalue weighted by Gasteiger charge is 2.22. The summed E-state index contributed by atoms with van der Waals surface area (Å²) in [6, 6.07) is 0. The molecule has 2 fully saturated rings. The molecule has 0 aromatic rings. The lowest BCUT2D eigenvalue weighted by molar-refractivity contribution is -0.133. The van der Waals surface area contributed by atoms with Crippen LogP contribution in [-0.4, -0.2) is 48.4 Å². The summed E-state index contributed by atoms with van der Waals surface area (Å²) >= 11 is 0. The Labute approximate surface area is 98.8 Å². The highest BCUT2D eigenvalue weighted by molar-refractivity contribution is 5.78. The molecule has 2 aliphatic rings. The van der Waals surface area contributed by atoms with E-state index >= 15 is 0 Å². The summed E-state index contributed by atoms with van der Waals surface area (Å²) in [4.78, 5) is 16.5. The van der Waals surface area contributed by atoms with Crippen molar-refractivity contribution in [3.05, 3.63) is 0 Å². The van der Waals surface area contributed by atoms with E-state index in [0.29, 0.717) is 12.5 Å². The second-order valence-electron chi connectivity index (χ2n) is 5.42. The molecule has 1 unspecified atom stereocenters. The van der Waals surface area contributed by atoms with E-state index in [1.807, 2.05) is 0 Å². The lowest BCUT2D eigenvalue weighted by Gasteiger charge is -2.33. The van der Waals surface area contributed by atoms with Crippen LogP contribution in [0.4, 0.5) is 0 Å². The van der Waals surface area contributed by atoms with Gasteiger partial charge in [0.15, 0.2) is 0 Å². The maximum absolute atomic E-state index is 12.1. The number of carbonyl (C=O) groups excluding carboxylic acids is 1. The first-order valence-electron chi connectivity index (χ1n) is 6.76. The van der Waals surface area contributed by atoms with E-state index in [1.54, 1.807) is 0 Å². The Morgan fingerprint density at radius 2 is 1.88 bits per heavy atom. The van der Waals surface area contributed by atoms with Gasteiger partial charge in [-0.3, -0.25) is 9.69 Å². The third-order valence-corrected chi connectivity index (χ3v) is 3.81. The average Bonchev–Trinajstić information content (AvgIpc) is 2.30. The molecule has 2 saturated heterocycles. The van der Waals surface area contributed by atoms with Gasteiger partial charge in [-0.2, -0.15) is 0 Å². The van der Waals surface area contributed by atoms with Gasteiger partial charge in [0, 0.05) is 19.6 Å². The number of piperidine rings is 2. The predicted molar refractivity (Wildman–Crippen MR) is 65.3 cm³/mol. The van der Waals surface area contributed by atoms with Gasteiger partial charge in [0.25, 0.3) is 0 Å². The van der Waals surface area contributed by atoms with Crippen LogP contribution in [-0.2, 0) is 4.79 Å². The Morgan fingerprint density at radius 3 is 2.56 bits per heavy atom. The summed E-state index contributed by atoms with van der Waals surface area (Å²) in [6.07, 6.45) is 6.28. The van der Waals surface area contributed by atoms with Gasteiger partial charge in [0.05, 0.1) is 6.54 Å². The molecule has 0 aromatic carbocycles. The quantitative estimate of drug-likeness (QED) is 0.713. The molecule has 3 heteroatoms. The maximum atomic E-state index is 12.1. The molecule has 0 aliphatic carbocycles. The molecular weight excluding hydrogens is 200 g/mol. The number of carbonyl (C=O) groups is 1. The van der Waals surface area contributed by atoms with Crippen LogP contribution in [0, 0.1) is 5.92 Å². The van der Waals surface area contributed by atoms with E-state index in [-0.39, 0.29) is 0 Å². The van der Waals surface area contributed by atoms with Crippen LogP contribution in [0.2, 0.25) is 0 Å². The SMILES string of the molecule is CC1CCCN(CC(=O)N2CCCCC2)C1. The van der Waals surface area contributed by atoms with Gasteiger partial charge in [-0.05, 0) is 44.6 Å². The van der Waals surface area contributed by atoms with E-state index < -0.39 is 0 Å². The lowest BCUT2D eigenvalue weighted by atomic mass is 10.0. The predicted octanol–water partition coefficient (Wildman–Crippen LogP) is 1.73. The van der Waals surface area contributed by atoms with E-state index in [0.717, 1.165) is 32.1 Å². The van der Waals surface area contributed by atoms with Crippen molar-refractivity contribution in [3.63, 3.8) is 0 Å². The maximum Gasteiger partial charge on any atom is 0.236 e. The molecule has 2 aliphatic heterocycles. The van der Waals surface area contributed by atoms with Crippen LogP contribution >= 0.6 is 0 Å². The minimum Gasteiger partial charge on any atom is -0.342 e. The molecule has 3 nitrogen and oxygen atoms in total. The first-order chi connectivity index (χ1) is 7.75. The average molecular weight is 224 g/mol. The monoisotopic (exact) mass is 224 g/mol. The summed E-state index contributed by atoms with van der Waals surface area (Å²) in [7, 11) is 0. The Kier molecular flexibility index (Phi) is 4.22. The summed E-state index contributed by atoms with van der Waals surface area (Å²) in [6.45, 7) is 7.15. The van der Waals surface area contributed by atoms with E-state index in [2.05, 4.69) is 16.7 Å². The lowest BCUT2D eigenvalue weighted by Crippen LogP contribution is -2.45. The van der Waals surface area contributed by atoms with Crippen molar-refractivity contribution in [1.29, 1.82) is 0 Å². The molecule has 2 rings (SSSR count). The van der Waals surface area contributed by atoms with Gasteiger partial charge in [0.2, 0.25) is 5.91 Å². The van der Waals surface area contributed by atoms with Gasteiger partial charge in [-0.1, -0.05) is 6.92 Å². The minimum atomic E-state index is 0.355. The van der Waals surface area contributed by atoms with Crippen LogP contribution in [0.5, 0.6) is 0 Å². The summed E-state index contributed by atoms with van der Waals surface area (Å²) < 4.78 is 0. The van der Waals surface area contributed by atoms with Crippen molar-refractivity contribution in [1.82, 2.24) is 9.80 Å². The Balaban J connectivity index is 1.77. The number of likely N-dealkylation sites (tertiary alicyclic amines) is 2. The van der Waals surface area contributed by atoms with Crippen molar-refractivity contribution >= 4 is 5.91 Å². The Morgan fingerprint density at radius 1 is 1.12 bits per heavy atom. The van der Waals surface area contributed by atoms with Gasteiger partial charge >= 0.3 is 0 Å². The Hall–Kier alpha value is -0.570. The van der Waals surface area contributed by atoms with E-state index in [1.165, 1.54) is 32.1 Å². The fourth-order valence-electron chi connectivity index (χ4n) is 2.86. The molecule has 2 heterocycles. The van der Waals surface area contributed by atoms with Crippen molar-refractivity contribution < 1.29 is 4.79 Å². The fourth-order valence-corrected chi connectivity index (χ4v) is 2.86. The number of amides is 1. The molecule has 1 amide bonds. The van der Waals surface area contributed by atoms with Crippen LogP contribution < -0.4 is 0 Å².